The van der Waals surface area contributed by atoms with Crippen molar-refractivity contribution in [2.24, 2.45) is 10.7 Å². The maximum Gasteiger partial charge on any atom is 0.248 e. The van der Waals surface area contributed by atoms with Crippen LogP contribution in [0.15, 0.2) is 72.0 Å². The van der Waals surface area contributed by atoms with Crippen LogP contribution in [0.2, 0.25) is 0 Å². The molecule has 3 aromatic rings. The first kappa shape index (κ1) is 20.2. The number of hydrogen-bond acceptors (Lipinski definition) is 5. The van der Waals surface area contributed by atoms with Gasteiger partial charge in [0.2, 0.25) is 11.8 Å². The number of aliphatic imine (C=N–C) groups is 1. The zero-order chi connectivity index (χ0) is 21.8. The van der Waals surface area contributed by atoms with E-state index in [0.717, 1.165) is 40.8 Å². The monoisotopic (exact) mass is 412 g/mol. The van der Waals surface area contributed by atoms with Crippen LogP contribution in [0.25, 0.3) is 0 Å². The lowest BCUT2D eigenvalue weighted by Crippen LogP contribution is -2.30. The molecule has 7 nitrogen and oxygen atoms in total. The van der Waals surface area contributed by atoms with E-state index in [-0.39, 0.29) is 12.5 Å². The molecule has 154 valence electrons. The Bertz CT molecular complexity index is 1170. The molecule has 0 radical (unpaired) electrons. The molecule has 3 heterocycles. The van der Waals surface area contributed by atoms with Gasteiger partial charge in [0.05, 0.1) is 11.4 Å². The van der Waals surface area contributed by atoms with E-state index >= 15 is 0 Å². The third-order valence-corrected chi connectivity index (χ3v) is 5.16. The van der Waals surface area contributed by atoms with Crippen LogP contribution >= 0.6 is 0 Å². The summed E-state index contributed by atoms with van der Waals surface area (Å²) in [7, 11) is 0. The number of carbonyl (C=O) groups excluding carboxylic acids is 3. The molecule has 0 unspecified atom stereocenters. The Labute approximate surface area is 179 Å². The number of hydrogen-bond donors (Lipinski definition) is 1. The lowest BCUT2D eigenvalue weighted by molar-refractivity contribution is -0.117. The second-order valence-electron chi connectivity index (χ2n) is 7.12. The van der Waals surface area contributed by atoms with Crippen LogP contribution in [0.5, 0.6) is 0 Å². The molecule has 2 aliphatic rings. The molecular weight excluding hydrogens is 392 g/mol. The van der Waals surface area contributed by atoms with Crippen molar-refractivity contribution < 1.29 is 14.4 Å². The fourth-order valence-electron chi connectivity index (χ4n) is 3.75. The fourth-order valence-corrected chi connectivity index (χ4v) is 3.75. The maximum atomic E-state index is 12.3. The summed E-state index contributed by atoms with van der Waals surface area (Å²) < 4.78 is 0. The van der Waals surface area contributed by atoms with Gasteiger partial charge in [-0.3, -0.25) is 24.4 Å². The van der Waals surface area contributed by atoms with Gasteiger partial charge in [-0.2, -0.15) is 0 Å². The van der Waals surface area contributed by atoms with E-state index in [1.807, 2.05) is 42.5 Å². The van der Waals surface area contributed by atoms with Crippen molar-refractivity contribution in [1.29, 1.82) is 0 Å². The number of rotatable bonds is 3. The normalized spacial score (nSPS) is 14.0. The molecule has 0 spiro atoms. The molecule has 2 aromatic carbocycles. The molecule has 2 N–H and O–H groups in total. The number of nitrogens with zero attached hydrogens (tertiary/aromatic N) is 3. The highest BCUT2D eigenvalue weighted by Gasteiger charge is 2.31. The minimum Gasteiger partial charge on any atom is -0.366 e. The quantitative estimate of drug-likeness (QED) is 0.667. The van der Waals surface area contributed by atoms with E-state index in [4.69, 9.17) is 5.73 Å². The van der Waals surface area contributed by atoms with Crippen LogP contribution in [-0.2, 0) is 11.2 Å². The third-order valence-electron chi connectivity index (χ3n) is 5.16. The minimum atomic E-state index is -0.419. The number of aromatic nitrogens is 1. The van der Waals surface area contributed by atoms with Crippen LogP contribution in [0, 0.1) is 0 Å². The molecule has 0 saturated heterocycles. The van der Waals surface area contributed by atoms with Gasteiger partial charge in [0.15, 0.2) is 0 Å². The van der Waals surface area contributed by atoms with Crippen LogP contribution in [0.4, 0.5) is 5.69 Å². The first-order valence-electron chi connectivity index (χ1n) is 9.81. The zero-order valence-electron chi connectivity index (χ0n) is 16.7. The maximum absolute atomic E-state index is 12.3. The van der Waals surface area contributed by atoms with E-state index < -0.39 is 5.91 Å². The number of aldehydes is 1. The Morgan fingerprint density at radius 1 is 1.06 bits per heavy atom. The highest BCUT2D eigenvalue weighted by molar-refractivity contribution is 6.20. The second-order valence-corrected chi connectivity index (χ2v) is 7.12. The standard InChI is InChI=1S/C18H14N2O2.C6H6N2O/c21-11-12-8-14-6-7-20-16(22)10-19-17(15(9-12)18(14)20)13-4-2-1-3-5-13;7-6(9)5-1-3-8-4-2-5/h1-5,8-9,11H,6-7,10H2;1-4H,(H2,7,9). The molecule has 1 aromatic heterocycles. The molecule has 2 amide bonds. The van der Waals surface area contributed by atoms with Gasteiger partial charge in [0, 0.05) is 41.2 Å². The third kappa shape index (κ3) is 4.11. The number of pyridine rings is 1. The lowest BCUT2D eigenvalue weighted by atomic mass is 9.96. The second kappa shape index (κ2) is 8.71. The highest BCUT2D eigenvalue weighted by atomic mass is 16.2. The number of primary amides is 1. The fraction of sp³-hybridized carbons (Fsp3) is 0.125. The summed E-state index contributed by atoms with van der Waals surface area (Å²) in [5.41, 5.74) is 10.7. The Balaban J connectivity index is 0.000000217. The average molecular weight is 412 g/mol. The number of amides is 2. The molecular formula is C24H20N4O3. The van der Waals surface area contributed by atoms with Gasteiger partial charge >= 0.3 is 0 Å². The molecule has 0 aliphatic carbocycles. The van der Waals surface area contributed by atoms with Gasteiger partial charge in [-0.15, -0.1) is 0 Å². The highest BCUT2D eigenvalue weighted by Crippen LogP contribution is 2.36. The number of nitrogens with two attached hydrogens (primary N) is 1. The topological polar surface area (TPSA) is 106 Å². The average Bonchev–Trinajstić information content (AvgIpc) is 3.18. The van der Waals surface area contributed by atoms with Crippen molar-refractivity contribution in [3.8, 4) is 0 Å². The zero-order valence-corrected chi connectivity index (χ0v) is 16.7. The Hall–Kier alpha value is -4.13. The molecule has 2 aliphatic heterocycles. The van der Waals surface area contributed by atoms with Crippen molar-refractivity contribution in [2.45, 2.75) is 6.42 Å². The number of anilines is 1. The first-order valence-corrected chi connectivity index (χ1v) is 9.81. The molecule has 31 heavy (non-hydrogen) atoms. The van der Waals surface area contributed by atoms with Crippen molar-refractivity contribution in [2.75, 3.05) is 18.0 Å². The van der Waals surface area contributed by atoms with Crippen LogP contribution in [0.1, 0.15) is 37.4 Å². The predicted molar refractivity (Wildman–Crippen MR) is 118 cm³/mol. The van der Waals surface area contributed by atoms with Gasteiger partial charge in [-0.1, -0.05) is 30.3 Å². The van der Waals surface area contributed by atoms with Gasteiger partial charge in [0.25, 0.3) is 0 Å². The van der Waals surface area contributed by atoms with Crippen LogP contribution in [0.3, 0.4) is 0 Å². The molecule has 7 heteroatoms. The van der Waals surface area contributed by atoms with Crippen LogP contribution < -0.4 is 10.6 Å². The largest absolute Gasteiger partial charge is 0.366 e. The summed E-state index contributed by atoms with van der Waals surface area (Å²) in [4.78, 5) is 44.0. The number of benzene rings is 2. The first-order chi connectivity index (χ1) is 15.1. The van der Waals surface area contributed by atoms with E-state index in [1.54, 1.807) is 17.0 Å². The summed E-state index contributed by atoms with van der Waals surface area (Å²) in [6.07, 6.45) is 4.70. The van der Waals surface area contributed by atoms with Crippen molar-refractivity contribution in [1.82, 2.24) is 4.98 Å². The van der Waals surface area contributed by atoms with E-state index in [0.29, 0.717) is 17.7 Å². The molecule has 0 atom stereocenters. The lowest BCUT2D eigenvalue weighted by Gasteiger charge is -2.17. The summed E-state index contributed by atoms with van der Waals surface area (Å²) in [6.45, 7) is 0.815. The van der Waals surface area contributed by atoms with E-state index in [2.05, 4.69) is 9.98 Å². The SMILES string of the molecule is NC(=O)c1ccncc1.O=Cc1cc2c3c(c1)C(c1ccccc1)=NCC(=O)N3CC2. The Kier molecular flexibility index (Phi) is 5.66. The van der Waals surface area contributed by atoms with Crippen molar-refractivity contribution >= 4 is 29.5 Å². The van der Waals surface area contributed by atoms with Gasteiger partial charge in [-0.25, -0.2) is 0 Å². The van der Waals surface area contributed by atoms with E-state index in [9.17, 15) is 14.4 Å². The van der Waals surface area contributed by atoms with Gasteiger partial charge < -0.3 is 10.6 Å². The van der Waals surface area contributed by atoms with Gasteiger partial charge in [-0.05, 0) is 36.2 Å². The predicted octanol–water partition coefficient (Wildman–Crippen LogP) is 2.42. The molecule has 0 saturated carbocycles. The van der Waals surface area contributed by atoms with E-state index in [1.165, 1.54) is 12.4 Å². The summed E-state index contributed by atoms with van der Waals surface area (Å²) in [5.74, 6) is -0.401. The smallest absolute Gasteiger partial charge is 0.248 e. The number of carbonyl (C=O) groups is 3. The van der Waals surface area contributed by atoms with Crippen molar-refractivity contribution in [3.63, 3.8) is 0 Å². The van der Waals surface area contributed by atoms with Crippen molar-refractivity contribution in [3.05, 3.63) is 94.8 Å². The summed E-state index contributed by atoms with van der Waals surface area (Å²) in [5, 5.41) is 0. The Morgan fingerprint density at radius 2 is 1.81 bits per heavy atom. The summed E-state index contributed by atoms with van der Waals surface area (Å²) in [6, 6.07) is 16.7. The van der Waals surface area contributed by atoms with Gasteiger partial charge in [0.1, 0.15) is 12.8 Å². The molecule has 0 fully saturated rings. The molecule has 5 rings (SSSR count). The summed E-state index contributed by atoms with van der Waals surface area (Å²) >= 11 is 0. The van der Waals surface area contributed by atoms with Crippen LogP contribution in [-0.4, -0.2) is 41.9 Å². The molecule has 0 bridgehead atoms. The Morgan fingerprint density at radius 3 is 2.45 bits per heavy atom. The minimum absolute atomic E-state index is 0.0183.